The molecule has 172 valence electrons. The number of hydrogen-bond donors (Lipinski definition) is 2. The van der Waals surface area contributed by atoms with Crippen LogP contribution in [0.1, 0.15) is 54.6 Å². The minimum Gasteiger partial charge on any atom is -0.350 e. The number of nitro benzene ring substituents is 1. The third-order valence-corrected chi connectivity index (χ3v) is 6.40. The number of carbonyl (C=O) groups is 1. The molecule has 8 nitrogen and oxygen atoms in total. The molecular weight excluding hydrogens is 418 g/mol. The highest BCUT2D eigenvalue weighted by Crippen LogP contribution is 2.32. The molecule has 4 rings (SSSR count). The smallest absolute Gasteiger partial charge is 0.269 e. The van der Waals surface area contributed by atoms with Crippen molar-refractivity contribution in [1.82, 2.24) is 20.4 Å². The van der Waals surface area contributed by atoms with Crippen LogP contribution in [0.4, 0.5) is 5.69 Å². The van der Waals surface area contributed by atoms with Crippen LogP contribution in [0, 0.1) is 10.1 Å². The van der Waals surface area contributed by atoms with E-state index in [1.165, 1.54) is 17.7 Å². The first-order valence-electron chi connectivity index (χ1n) is 11.3. The van der Waals surface area contributed by atoms with Gasteiger partial charge in [0.1, 0.15) is 5.69 Å². The van der Waals surface area contributed by atoms with E-state index in [4.69, 9.17) is 0 Å². The Morgan fingerprint density at radius 1 is 1.15 bits per heavy atom. The van der Waals surface area contributed by atoms with Gasteiger partial charge in [0.25, 0.3) is 11.6 Å². The maximum Gasteiger partial charge on any atom is 0.269 e. The first-order chi connectivity index (χ1) is 15.9. The fourth-order valence-electron chi connectivity index (χ4n) is 4.66. The predicted octanol–water partition coefficient (Wildman–Crippen LogP) is 4.39. The number of non-ortho nitro benzene ring substituents is 1. The van der Waals surface area contributed by atoms with E-state index in [1.54, 1.807) is 30.1 Å². The van der Waals surface area contributed by atoms with Crippen LogP contribution < -0.4 is 10.6 Å². The first-order valence-corrected chi connectivity index (χ1v) is 11.3. The van der Waals surface area contributed by atoms with Crippen molar-refractivity contribution >= 4 is 11.6 Å². The monoisotopic (exact) mass is 447 g/mol. The fraction of sp³-hybridized carbons (Fsp3) is 0.360. The van der Waals surface area contributed by atoms with Gasteiger partial charge in [-0.2, -0.15) is 5.10 Å². The second kappa shape index (κ2) is 9.54. The van der Waals surface area contributed by atoms with Gasteiger partial charge >= 0.3 is 0 Å². The summed E-state index contributed by atoms with van der Waals surface area (Å²) in [6.07, 6.45) is 5.96. The van der Waals surface area contributed by atoms with Crippen LogP contribution in [-0.2, 0) is 7.05 Å². The molecule has 0 saturated heterocycles. The van der Waals surface area contributed by atoms with Crippen LogP contribution in [0.2, 0.25) is 0 Å². The molecule has 2 N–H and O–H groups in total. The summed E-state index contributed by atoms with van der Waals surface area (Å²) in [5.74, 6) is -0.197. The Kier molecular flexibility index (Phi) is 6.55. The van der Waals surface area contributed by atoms with Crippen LogP contribution in [0.5, 0.6) is 0 Å². The number of benzene rings is 2. The Labute approximate surface area is 193 Å². The van der Waals surface area contributed by atoms with Gasteiger partial charge in [-0.1, -0.05) is 43.2 Å². The van der Waals surface area contributed by atoms with E-state index >= 15 is 0 Å². The summed E-state index contributed by atoms with van der Waals surface area (Å²) in [4.78, 5) is 23.7. The lowest BCUT2D eigenvalue weighted by Crippen LogP contribution is -2.52. The molecular formula is C25H29N5O3. The fourth-order valence-corrected chi connectivity index (χ4v) is 4.66. The summed E-state index contributed by atoms with van der Waals surface area (Å²) in [6, 6.07) is 16.6. The quantitative estimate of drug-likeness (QED) is 0.394. The lowest BCUT2D eigenvalue weighted by Gasteiger charge is -2.34. The minimum absolute atomic E-state index is 0.00229. The Hall–Kier alpha value is -3.52. The van der Waals surface area contributed by atoms with Crippen LogP contribution in [0.15, 0.2) is 60.8 Å². The molecule has 0 spiro atoms. The standard InChI is InChI=1S/C25H29N5O3/c1-18(19-8-4-3-5-9-19)27-25(14-6-7-15-25)17-26-24(31)22-16-29(2)28-23(22)20-10-12-21(13-11-20)30(32)33/h3-5,8-13,16,18,27H,6-7,14-15,17H2,1-2H3,(H,26,31). The van der Waals surface area contributed by atoms with Gasteiger partial charge in [-0.3, -0.25) is 19.6 Å². The molecule has 1 heterocycles. The van der Waals surface area contributed by atoms with Crippen molar-refractivity contribution in [3.8, 4) is 11.3 Å². The van der Waals surface area contributed by atoms with Crippen molar-refractivity contribution < 1.29 is 9.72 Å². The zero-order chi connectivity index (χ0) is 23.4. The van der Waals surface area contributed by atoms with Crippen LogP contribution in [0.3, 0.4) is 0 Å². The van der Waals surface area contributed by atoms with Crippen molar-refractivity contribution in [2.24, 2.45) is 7.05 Å². The van der Waals surface area contributed by atoms with Crippen molar-refractivity contribution in [3.05, 3.63) is 82.0 Å². The van der Waals surface area contributed by atoms with E-state index < -0.39 is 4.92 Å². The summed E-state index contributed by atoms with van der Waals surface area (Å²) in [5.41, 5.74) is 2.70. The molecule has 33 heavy (non-hydrogen) atoms. The molecule has 1 aliphatic carbocycles. The van der Waals surface area contributed by atoms with Gasteiger partial charge in [-0.25, -0.2) is 0 Å². The zero-order valence-corrected chi connectivity index (χ0v) is 19.0. The largest absolute Gasteiger partial charge is 0.350 e. The second-order valence-electron chi connectivity index (χ2n) is 8.82. The van der Waals surface area contributed by atoms with Crippen LogP contribution in [0.25, 0.3) is 11.3 Å². The van der Waals surface area contributed by atoms with Crippen molar-refractivity contribution in [2.45, 2.75) is 44.2 Å². The van der Waals surface area contributed by atoms with Crippen LogP contribution >= 0.6 is 0 Å². The topological polar surface area (TPSA) is 102 Å². The second-order valence-corrected chi connectivity index (χ2v) is 8.82. The molecule has 0 bridgehead atoms. The Balaban J connectivity index is 1.49. The Morgan fingerprint density at radius 2 is 1.82 bits per heavy atom. The number of nitrogens with zero attached hydrogens (tertiary/aromatic N) is 3. The number of aryl methyl sites for hydroxylation is 1. The van der Waals surface area contributed by atoms with Crippen molar-refractivity contribution in [3.63, 3.8) is 0 Å². The van der Waals surface area contributed by atoms with E-state index in [9.17, 15) is 14.9 Å². The minimum atomic E-state index is -0.444. The lowest BCUT2D eigenvalue weighted by molar-refractivity contribution is -0.384. The van der Waals surface area contributed by atoms with Crippen molar-refractivity contribution in [1.29, 1.82) is 0 Å². The van der Waals surface area contributed by atoms with E-state index in [-0.39, 0.29) is 23.2 Å². The maximum absolute atomic E-state index is 13.2. The molecule has 1 unspecified atom stereocenters. The van der Waals surface area contributed by atoms with E-state index in [1.807, 2.05) is 18.2 Å². The summed E-state index contributed by atoms with van der Waals surface area (Å²) in [5, 5.41) is 22.3. The van der Waals surface area contributed by atoms with Gasteiger partial charge in [0.15, 0.2) is 0 Å². The number of nitrogens with one attached hydrogen (secondary N) is 2. The lowest BCUT2D eigenvalue weighted by atomic mass is 9.94. The molecule has 1 fully saturated rings. The average Bonchev–Trinajstić information content (AvgIpc) is 3.45. The van der Waals surface area contributed by atoms with Gasteiger partial charge in [-0.15, -0.1) is 0 Å². The Bertz CT molecular complexity index is 1120. The molecule has 1 atom stereocenters. The predicted molar refractivity (Wildman–Crippen MR) is 127 cm³/mol. The summed E-state index contributed by atoms with van der Waals surface area (Å²) in [6.45, 7) is 2.68. The molecule has 0 radical (unpaired) electrons. The van der Waals surface area contributed by atoms with Gasteiger partial charge in [0, 0.05) is 49.1 Å². The third-order valence-electron chi connectivity index (χ3n) is 6.40. The van der Waals surface area contributed by atoms with Crippen molar-refractivity contribution in [2.75, 3.05) is 6.54 Å². The molecule has 3 aromatic rings. The highest BCUT2D eigenvalue weighted by atomic mass is 16.6. The third kappa shape index (κ3) is 5.12. The number of rotatable bonds is 8. The van der Waals surface area contributed by atoms with Gasteiger partial charge in [0.2, 0.25) is 0 Å². The number of carbonyl (C=O) groups excluding carboxylic acids is 1. The Morgan fingerprint density at radius 3 is 2.45 bits per heavy atom. The highest BCUT2D eigenvalue weighted by molar-refractivity contribution is 5.99. The summed E-state index contributed by atoms with van der Waals surface area (Å²) in [7, 11) is 1.76. The number of hydrogen-bond acceptors (Lipinski definition) is 5. The zero-order valence-electron chi connectivity index (χ0n) is 19.0. The number of aromatic nitrogens is 2. The maximum atomic E-state index is 13.2. The molecule has 1 saturated carbocycles. The van der Waals surface area contributed by atoms with Gasteiger partial charge < -0.3 is 10.6 Å². The molecule has 1 aliphatic rings. The summed E-state index contributed by atoms with van der Waals surface area (Å²) >= 11 is 0. The molecule has 2 aromatic carbocycles. The molecule has 1 aromatic heterocycles. The van der Waals surface area contributed by atoms with E-state index in [2.05, 4.69) is 34.8 Å². The van der Waals surface area contributed by atoms with Gasteiger partial charge in [-0.05, 0) is 37.5 Å². The number of amides is 1. The van der Waals surface area contributed by atoms with E-state index in [0.29, 0.717) is 23.4 Å². The SMILES string of the molecule is CC(NC1(CNC(=O)c2cn(C)nc2-c2ccc([N+](=O)[O-])cc2)CCCC1)c1ccccc1. The summed E-state index contributed by atoms with van der Waals surface area (Å²) < 4.78 is 1.59. The van der Waals surface area contributed by atoms with E-state index in [0.717, 1.165) is 25.7 Å². The molecule has 8 heteroatoms. The van der Waals surface area contributed by atoms with Crippen LogP contribution in [-0.4, -0.2) is 32.7 Å². The highest BCUT2D eigenvalue weighted by Gasteiger charge is 2.35. The number of nitro groups is 1. The normalized spacial score (nSPS) is 15.8. The average molecular weight is 448 g/mol. The first kappa shape index (κ1) is 22.7. The molecule has 0 aliphatic heterocycles. The molecule has 1 amide bonds. The van der Waals surface area contributed by atoms with Gasteiger partial charge in [0.05, 0.1) is 10.5 Å².